The molecule has 1 atom stereocenters. The van der Waals surface area contributed by atoms with Gasteiger partial charge in [-0.1, -0.05) is 54.4 Å². The van der Waals surface area contributed by atoms with Crippen molar-refractivity contribution >= 4 is 0 Å². The predicted octanol–water partition coefficient (Wildman–Crippen LogP) is 5.82. The molecule has 0 aliphatic heterocycles. The Bertz CT molecular complexity index is 224. The first-order chi connectivity index (χ1) is 7.64. The van der Waals surface area contributed by atoms with Gasteiger partial charge in [0.05, 0.1) is 5.41 Å². The van der Waals surface area contributed by atoms with E-state index in [0.29, 0.717) is 25.7 Å². The van der Waals surface area contributed by atoms with Crippen LogP contribution in [-0.4, -0.2) is 6.18 Å². The van der Waals surface area contributed by atoms with E-state index < -0.39 is 17.0 Å². The lowest BCUT2D eigenvalue weighted by atomic mass is 9.55. The standard InChI is InChI=1S/C14H27F3/c1-7-11(8-2)13(6,14(15,16)17)12(5,9-3)10-4/h11H,7-10H2,1-6H3/t13-/m1/s1. The van der Waals surface area contributed by atoms with Crippen LogP contribution >= 0.6 is 0 Å². The molecule has 0 bridgehead atoms. The molecule has 0 radical (unpaired) electrons. The van der Waals surface area contributed by atoms with E-state index in [1.807, 2.05) is 27.7 Å². The third kappa shape index (κ3) is 2.63. The van der Waals surface area contributed by atoms with E-state index in [1.54, 1.807) is 6.92 Å². The quantitative estimate of drug-likeness (QED) is 0.559. The number of hydrogen-bond donors (Lipinski definition) is 0. The third-order valence-corrected chi connectivity index (χ3v) is 5.21. The van der Waals surface area contributed by atoms with Crippen LogP contribution in [0.2, 0.25) is 0 Å². The number of hydrogen-bond acceptors (Lipinski definition) is 0. The van der Waals surface area contributed by atoms with E-state index in [2.05, 4.69) is 0 Å². The van der Waals surface area contributed by atoms with Gasteiger partial charge < -0.3 is 0 Å². The summed E-state index contributed by atoms with van der Waals surface area (Å²) in [4.78, 5) is 0. The Morgan fingerprint density at radius 1 is 0.824 bits per heavy atom. The second kappa shape index (κ2) is 5.62. The summed E-state index contributed by atoms with van der Waals surface area (Å²) in [6, 6.07) is 0. The molecule has 0 unspecified atom stereocenters. The van der Waals surface area contributed by atoms with Crippen LogP contribution in [0, 0.1) is 16.7 Å². The highest BCUT2D eigenvalue weighted by atomic mass is 19.4. The number of halogens is 3. The number of alkyl halides is 3. The zero-order valence-electron chi connectivity index (χ0n) is 12.0. The van der Waals surface area contributed by atoms with Crippen molar-refractivity contribution in [3.63, 3.8) is 0 Å². The van der Waals surface area contributed by atoms with Gasteiger partial charge in [-0.3, -0.25) is 0 Å². The van der Waals surface area contributed by atoms with E-state index in [1.165, 1.54) is 6.92 Å². The Hall–Kier alpha value is -0.210. The van der Waals surface area contributed by atoms with Crippen molar-refractivity contribution in [1.29, 1.82) is 0 Å². The van der Waals surface area contributed by atoms with Crippen LogP contribution in [0.25, 0.3) is 0 Å². The molecular weight excluding hydrogens is 225 g/mol. The highest BCUT2D eigenvalue weighted by Gasteiger charge is 2.62. The molecule has 0 aromatic carbocycles. The lowest BCUT2D eigenvalue weighted by Gasteiger charge is -2.51. The summed E-state index contributed by atoms with van der Waals surface area (Å²) in [6.07, 6.45) is -1.83. The van der Waals surface area contributed by atoms with Gasteiger partial charge in [0, 0.05) is 0 Å². The minimum atomic E-state index is -4.13. The highest BCUT2D eigenvalue weighted by molar-refractivity contribution is 4.99. The zero-order chi connectivity index (χ0) is 13.9. The average molecular weight is 252 g/mol. The van der Waals surface area contributed by atoms with E-state index in [9.17, 15) is 13.2 Å². The molecule has 0 aliphatic rings. The molecule has 0 fully saturated rings. The second-order valence-electron chi connectivity index (χ2n) is 5.48. The van der Waals surface area contributed by atoms with E-state index in [0.717, 1.165) is 0 Å². The average Bonchev–Trinajstić information content (AvgIpc) is 2.27. The topological polar surface area (TPSA) is 0 Å². The Labute approximate surface area is 104 Å². The van der Waals surface area contributed by atoms with Crippen molar-refractivity contribution < 1.29 is 13.2 Å². The van der Waals surface area contributed by atoms with E-state index in [4.69, 9.17) is 0 Å². The van der Waals surface area contributed by atoms with Crippen LogP contribution in [0.5, 0.6) is 0 Å². The molecule has 0 saturated heterocycles. The highest BCUT2D eigenvalue weighted by Crippen LogP contribution is 2.59. The van der Waals surface area contributed by atoms with E-state index in [-0.39, 0.29) is 5.92 Å². The van der Waals surface area contributed by atoms with Gasteiger partial charge in [0.25, 0.3) is 0 Å². The number of rotatable bonds is 6. The van der Waals surface area contributed by atoms with Crippen LogP contribution in [-0.2, 0) is 0 Å². The molecule has 0 nitrogen and oxygen atoms in total. The summed E-state index contributed by atoms with van der Waals surface area (Å²) >= 11 is 0. The van der Waals surface area contributed by atoms with Crippen LogP contribution < -0.4 is 0 Å². The first-order valence-corrected chi connectivity index (χ1v) is 6.71. The third-order valence-electron chi connectivity index (χ3n) is 5.21. The molecule has 3 heteroatoms. The van der Waals surface area contributed by atoms with Gasteiger partial charge in [0.2, 0.25) is 0 Å². The molecule has 0 aliphatic carbocycles. The van der Waals surface area contributed by atoms with Crippen LogP contribution in [0.4, 0.5) is 13.2 Å². The van der Waals surface area contributed by atoms with Gasteiger partial charge in [-0.05, 0) is 24.2 Å². The minimum absolute atomic E-state index is 0.299. The van der Waals surface area contributed by atoms with Gasteiger partial charge in [0.1, 0.15) is 0 Å². The fourth-order valence-corrected chi connectivity index (χ4v) is 3.16. The van der Waals surface area contributed by atoms with E-state index >= 15 is 0 Å². The maximum absolute atomic E-state index is 13.6. The van der Waals surface area contributed by atoms with Crippen molar-refractivity contribution in [2.24, 2.45) is 16.7 Å². The smallest absolute Gasteiger partial charge is 0.170 e. The Kier molecular flexibility index (Phi) is 5.55. The Morgan fingerprint density at radius 2 is 1.18 bits per heavy atom. The summed E-state index contributed by atoms with van der Waals surface area (Å²) in [5, 5.41) is 0. The van der Waals surface area contributed by atoms with Crippen LogP contribution in [0.15, 0.2) is 0 Å². The monoisotopic (exact) mass is 252 g/mol. The van der Waals surface area contributed by atoms with Gasteiger partial charge in [-0.2, -0.15) is 13.2 Å². The molecule has 0 aromatic rings. The predicted molar refractivity (Wildman–Crippen MR) is 66.9 cm³/mol. The molecule has 0 rings (SSSR count). The van der Waals surface area contributed by atoms with Crippen molar-refractivity contribution in [3.05, 3.63) is 0 Å². The lowest BCUT2D eigenvalue weighted by Crippen LogP contribution is -2.52. The fraction of sp³-hybridized carbons (Fsp3) is 1.00. The summed E-state index contributed by atoms with van der Waals surface area (Å²) in [6.45, 7) is 10.7. The SMILES string of the molecule is CCC(CC)[C@@](C)(C(F)(F)F)C(C)(CC)CC. The van der Waals surface area contributed by atoms with Gasteiger partial charge >= 0.3 is 6.18 Å². The van der Waals surface area contributed by atoms with Crippen molar-refractivity contribution in [1.82, 2.24) is 0 Å². The second-order valence-corrected chi connectivity index (χ2v) is 5.48. The molecule has 0 saturated carbocycles. The summed E-state index contributed by atoms with van der Waals surface area (Å²) in [5.41, 5.74) is -2.27. The van der Waals surface area contributed by atoms with Gasteiger partial charge in [-0.25, -0.2) is 0 Å². The van der Waals surface area contributed by atoms with Crippen LogP contribution in [0.3, 0.4) is 0 Å². The maximum Gasteiger partial charge on any atom is 0.395 e. The normalized spacial score (nSPS) is 17.3. The molecule has 104 valence electrons. The zero-order valence-corrected chi connectivity index (χ0v) is 12.0. The molecule has 0 spiro atoms. The molecule has 17 heavy (non-hydrogen) atoms. The molecule has 0 amide bonds. The van der Waals surface area contributed by atoms with Crippen molar-refractivity contribution in [2.45, 2.75) is 73.4 Å². The summed E-state index contributed by atoms with van der Waals surface area (Å²) in [7, 11) is 0. The largest absolute Gasteiger partial charge is 0.395 e. The maximum atomic E-state index is 13.6. The first kappa shape index (κ1) is 16.8. The van der Waals surface area contributed by atoms with Crippen molar-refractivity contribution in [3.8, 4) is 0 Å². The van der Waals surface area contributed by atoms with Gasteiger partial charge in [0.15, 0.2) is 0 Å². The van der Waals surface area contributed by atoms with Gasteiger partial charge in [-0.15, -0.1) is 0 Å². The minimum Gasteiger partial charge on any atom is -0.170 e. The first-order valence-electron chi connectivity index (χ1n) is 6.71. The molecule has 0 N–H and O–H groups in total. The Morgan fingerprint density at radius 3 is 1.35 bits per heavy atom. The summed E-state index contributed by atoms with van der Waals surface area (Å²) < 4.78 is 40.8. The Balaban J connectivity index is 5.70. The lowest BCUT2D eigenvalue weighted by molar-refractivity contribution is -0.279. The van der Waals surface area contributed by atoms with Crippen molar-refractivity contribution in [2.75, 3.05) is 0 Å². The van der Waals surface area contributed by atoms with Crippen LogP contribution in [0.1, 0.15) is 67.2 Å². The molecule has 0 aromatic heterocycles. The molecular formula is C14H27F3. The fourth-order valence-electron chi connectivity index (χ4n) is 3.16. The molecule has 0 heterocycles. The summed E-state index contributed by atoms with van der Waals surface area (Å²) in [5.74, 6) is -0.299.